The minimum Gasteiger partial charge on any atom is -0.458 e. The van der Waals surface area contributed by atoms with E-state index in [0.717, 1.165) is 5.57 Å². The molecule has 0 bridgehead atoms. The van der Waals surface area contributed by atoms with Gasteiger partial charge in [0, 0.05) is 28.5 Å². The summed E-state index contributed by atoms with van der Waals surface area (Å²) in [5.74, 6) is -2.19. The fourth-order valence-corrected chi connectivity index (χ4v) is 11.7. The molecule has 0 N–H and O–H groups in total. The Morgan fingerprint density at radius 1 is 1.15 bits per heavy atom. The summed E-state index contributed by atoms with van der Waals surface area (Å²) >= 11 is 15.5. The number of fused-ring (bicyclic) bond motifs is 5. The van der Waals surface area contributed by atoms with Crippen LogP contribution in [0.5, 0.6) is 0 Å². The summed E-state index contributed by atoms with van der Waals surface area (Å²) in [5.41, 5.74) is -1.60. The molecule has 3 unspecified atom stereocenters. The van der Waals surface area contributed by atoms with Crippen molar-refractivity contribution in [2.75, 3.05) is 6.61 Å². The summed E-state index contributed by atoms with van der Waals surface area (Å²) in [6, 6.07) is 8.60. The van der Waals surface area contributed by atoms with Crippen molar-refractivity contribution in [3.63, 3.8) is 0 Å². The number of Topliss-reactive ketones (excluding diaryl/α,β-unsaturated/α-hetero) is 1. The van der Waals surface area contributed by atoms with Crippen molar-refractivity contribution in [3.05, 3.63) is 59.7 Å². The van der Waals surface area contributed by atoms with Crippen LogP contribution in [-0.2, 0) is 23.9 Å². The third-order valence-electron chi connectivity index (χ3n) is 10.2. The Bertz CT molecular complexity index is 1330. The molecule has 4 aliphatic carbocycles. The zero-order valence-electron chi connectivity index (χ0n) is 22.9. The monoisotopic (exact) mass is 694 g/mol. The van der Waals surface area contributed by atoms with E-state index in [4.69, 9.17) is 21.1 Å². The summed E-state index contributed by atoms with van der Waals surface area (Å²) in [5, 5.41) is -0.494. The van der Waals surface area contributed by atoms with Crippen molar-refractivity contribution in [2.24, 2.45) is 28.6 Å². The van der Waals surface area contributed by atoms with E-state index in [1.807, 2.05) is 19.9 Å². The number of rotatable bonds is 5. The molecule has 40 heavy (non-hydrogen) atoms. The van der Waals surface area contributed by atoms with Crippen LogP contribution in [0, 0.1) is 28.6 Å². The minimum atomic E-state index is -1.57. The number of carbonyl (C=O) groups is 4. The maximum Gasteiger partial charge on any atom is 0.339 e. The molecule has 0 saturated heterocycles. The highest BCUT2D eigenvalue weighted by Gasteiger charge is 2.77. The number of halogens is 3. The van der Waals surface area contributed by atoms with Crippen LogP contribution >= 0.6 is 43.5 Å². The van der Waals surface area contributed by atoms with Gasteiger partial charge in [0.1, 0.15) is 0 Å². The van der Waals surface area contributed by atoms with E-state index in [9.17, 15) is 19.2 Å². The van der Waals surface area contributed by atoms with Gasteiger partial charge in [0.2, 0.25) is 5.78 Å². The molecule has 9 heteroatoms. The van der Waals surface area contributed by atoms with Crippen molar-refractivity contribution < 1.29 is 28.7 Å². The van der Waals surface area contributed by atoms with E-state index in [0.29, 0.717) is 24.8 Å². The lowest BCUT2D eigenvalue weighted by Crippen LogP contribution is -2.70. The van der Waals surface area contributed by atoms with Crippen molar-refractivity contribution in [2.45, 2.75) is 67.1 Å². The van der Waals surface area contributed by atoms with Gasteiger partial charge >= 0.3 is 11.9 Å². The number of hydrogen-bond donors (Lipinski definition) is 0. The van der Waals surface area contributed by atoms with Crippen LogP contribution in [0.25, 0.3) is 0 Å². The lowest BCUT2D eigenvalue weighted by molar-refractivity contribution is -0.172. The summed E-state index contributed by atoms with van der Waals surface area (Å²) in [6.07, 6.45) is 6.91. The Labute approximate surface area is 256 Å². The average Bonchev–Trinajstić information content (AvgIpc) is 3.11. The third kappa shape index (κ3) is 4.06. The van der Waals surface area contributed by atoms with E-state index >= 15 is 0 Å². The van der Waals surface area contributed by atoms with Gasteiger partial charge in [-0.3, -0.25) is 14.4 Å². The van der Waals surface area contributed by atoms with E-state index in [1.54, 1.807) is 42.5 Å². The topological polar surface area (TPSA) is 86.7 Å². The molecular weight excluding hydrogens is 664 g/mol. The predicted octanol–water partition coefficient (Wildman–Crippen LogP) is 6.38. The molecule has 6 nitrogen and oxygen atoms in total. The maximum atomic E-state index is 14.2. The standard InChI is InChI=1S/C31H33Br2ClO6/c1-17-12-22-26-23(32)14-20-13-21(36)10-11-28(20,3)30(26,33)24(34)15-29(22,4)31(17,25(37)16-39-18(2)35)40-27(38)19-8-6-5-7-9-19/h5-11,13,17,22-24,26H,12,14-16H2,1-4H3/t17?,22-,23?,24?,26+,28-,29-,30+,31-/m0/s1. The second-order valence-electron chi connectivity index (χ2n) is 12.1. The highest BCUT2D eigenvalue weighted by molar-refractivity contribution is 9.10. The molecule has 0 radical (unpaired) electrons. The molecular formula is C31H33Br2ClO6. The van der Waals surface area contributed by atoms with Crippen LogP contribution in [0.4, 0.5) is 0 Å². The molecule has 0 heterocycles. The third-order valence-corrected chi connectivity index (χ3v) is 13.8. The Hall–Kier alpha value is -1.77. The average molecular weight is 697 g/mol. The zero-order valence-corrected chi connectivity index (χ0v) is 26.8. The first-order valence-corrected chi connectivity index (χ1v) is 15.7. The number of carbonyl (C=O) groups excluding carboxylic acids is 4. The number of ketones is 2. The van der Waals surface area contributed by atoms with Crippen molar-refractivity contribution in [1.82, 2.24) is 0 Å². The van der Waals surface area contributed by atoms with Gasteiger partial charge in [0.15, 0.2) is 18.0 Å². The molecule has 0 aliphatic heterocycles. The second-order valence-corrected chi connectivity index (χ2v) is 15.2. The molecule has 1 aromatic carbocycles. The van der Waals surface area contributed by atoms with E-state index in [1.165, 1.54) is 6.92 Å². The maximum absolute atomic E-state index is 14.2. The van der Waals surface area contributed by atoms with Gasteiger partial charge < -0.3 is 9.47 Å². The molecule has 0 spiro atoms. The number of hydrogen-bond acceptors (Lipinski definition) is 6. The van der Waals surface area contributed by atoms with Crippen molar-refractivity contribution >= 4 is 67.0 Å². The van der Waals surface area contributed by atoms with Crippen LogP contribution in [0.2, 0.25) is 0 Å². The Balaban J connectivity index is 1.64. The van der Waals surface area contributed by atoms with Crippen molar-refractivity contribution in [1.29, 1.82) is 0 Å². The Kier molecular flexibility index (Phi) is 7.57. The van der Waals surface area contributed by atoms with Gasteiger partial charge in [0.25, 0.3) is 0 Å². The lowest BCUT2D eigenvalue weighted by Gasteiger charge is -2.65. The first kappa shape index (κ1) is 29.7. The quantitative estimate of drug-likeness (QED) is 0.263. The van der Waals surface area contributed by atoms with Crippen LogP contribution in [0.3, 0.4) is 0 Å². The van der Waals surface area contributed by atoms with Crippen LogP contribution in [0.15, 0.2) is 54.1 Å². The fourth-order valence-electron chi connectivity index (χ4n) is 8.33. The Morgan fingerprint density at radius 2 is 1.82 bits per heavy atom. The number of alkyl halides is 3. The SMILES string of the molecule is CC(=O)OCC(=O)[C@@]1(OC(=O)c2ccccc2)C(C)C[C@H]2[C@@H]3C(Br)CC4=CC(=O)C=C[C@]4(C)[C@@]3(Br)C(Cl)C[C@@]21C. The highest BCUT2D eigenvalue weighted by atomic mass is 79.9. The van der Waals surface area contributed by atoms with Gasteiger partial charge in [-0.15, -0.1) is 11.6 Å². The van der Waals surface area contributed by atoms with Crippen molar-refractivity contribution in [3.8, 4) is 0 Å². The first-order chi connectivity index (χ1) is 18.7. The van der Waals surface area contributed by atoms with Crippen LogP contribution < -0.4 is 0 Å². The molecule has 214 valence electrons. The van der Waals surface area contributed by atoms with Gasteiger partial charge in [-0.05, 0) is 55.4 Å². The molecule has 0 amide bonds. The molecule has 1 aromatic rings. The summed E-state index contributed by atoms with van der Waals surface area (Å²) in [7, 11) is 0. The molecule has 4 aliphatic rings. The number of benzene rings is 1. The number of esters is 2. The minimum absolute atomic E-state index is 0.0362. The highest BCUT2D eigenvalue weighted by Crippen LogP contribution is 2.74. The van der Waals surface area contributed by atoms with Gasteiger partial charge in [0.05, 0.1) is 15.3 Å². The van der Waals surface area contributed by atoms with E-state index in [-0.39, 0.29) is 28.4 Å². The molecule has 3 fully saturated rings. The second kappa shape index (κ2) is 10.2. The number of ether oxygens (including phenoxy) is 2. The number of allylic oxidation sites excluding steroid dienone is 4. The molecule has 5 rings (SSSR count). The summed E-state index contributed by atoms with van der Waals surface area (Å²) in [4.78, 5) is 51.8. The van der Waals surface area contributed by atoms with E-state index < -0.39 is 50.5 Å². The lowest BCUT2D eigenvalue weighted by atomic mass is 9.46. The largest absolute Gasteiger partial charge is 0.458 e. The fraction of sp³-hybridized carbons (Fsp3) is 0.548. The summed E-state index contributed by atoms with van der Waals surface area (Å²) in [6.45, 7) is 6.81. The van der Waals surface area contributed by atoms with Gasteiger partial charge in [-0.1, -0.05) is 82.5 Å². The first-order valence-electron chi connectivity index (χ1n) is 13.6. The molecule has 0 aromatic heterocycles. The molecule has 3 saturated carbocycles. The van der Waals surface area contributed by atoms with Gasteiger partial charge in [-0.25, -0.2) is 4.79 Å². The van der Waals surface area contributed by atoms with E-state index in [2.05, 4.69) is 38.8 Å². The van der Waals surface area contributed by atoms with Gasteiger partial charge in [-0.2, -0.15) is 0 Å². The summed E-state index contributed by atoms with van der Waals surface area (Å²) < 4.78 is 10.9. The van der Waals surface area contributed by atoms with Crippen LogP contribution in [0.1, 0.15) is 57.3 Å². The molecule has 9 atom stereocenters. The smallest absolute Gasteiger partial charge is 0.339 e. The normalized spacial score (nSPS) is 41.7. The van der Waals surface area contributed by atoms with Crippen LogP contribution in [-0.4, -0.2) is 50.2 Å². The Morgan fingerprint density at radius 3 is 2.48 bits per heavy atom. The zero-order chi connectivity index (χ0) is 29.3. The predicted molar refractivity (Wildman–Crippen MR) is 159 cm³/mol.